The standard InChI is InChI=1S/C18H22N4O4S3/c1-18-10-29-16(22-18)12-9-28-14(21-12)7-19-13(23)6-11(4-2-3-5-27)26-15(24)8-20-17(18)25/h2,4,9,11,27H,3,5-8,10H2,1H3,(H,19,23)(H,20,25)/b4-2+. The predicted octanol–water partition coefficient (Wildman–Crippen LogP) is 1.32. The van der Waals surface area contributed by atoms with E-state index < -0.39 is 17.6 Å². The minimum atomic E-state index is -0.971. The second-order valence-electron chi connectivity index (χ2n) is 6.74. The monoisotopic (exact) mass is 454 g/mol. The van der Waals surface area contributed by atoms with Crippen molar-refractivity contribution in [3.05, 3.63) is 28.2 Å². The smallest absolute Gasteiger partial charge is 0.326 e. The molecule has 0 aliphatic carbocycles. The van der Waals surface area contributed by atoms with E-state index in [9.17, 15) is 14.4 Å². The van der Waals surface area contributed by atoms with Gasteiger partial charge >= 0.3 is 5.97 Å². The number of ether oxygens (including phenoxy) is 1. The maximum Gasteiger partial charge on any atom is 0.326 e. The second-order valence-corrected chi connectivity index (χ2v) is 9.09. The van der Waals surface area contributed by atoms with E-state index in [1.165, 1.54) is 23.1 Å². The summed E-state index contributed by atoms with van der Waals surface area (Å²) in [5.41, 5.74) is -0.277. The Balaban J connectivity index is 1.81. The van der Waals surface area contributed by atoms with Gasteiger partial charge in [-0.15, -0.1) is 23.1 Å². The van der Waals surface area contributed by atoms with Gasteiger partial charge in [0.25, 0.3) is 0 Å². The highest BCUT2D eigenvalue weighted by Gasteiger charge is 2.39. The lowest BCUT2D eigenvalue weighted by atomic mass is 10.1. The third-order valence-corrected chi connectivity index (χ3v) is 6.63. The van der Waals surface area contributed by atoms with Crippen molar-refractivity contribution in [2.24, 2.45) is 4.99 Å². The second kappa shape index (κ2) is 9.77. The van der Waals surface area contributed by atoms with Gasteiger partial charge in [-0.2, -0.15) is 12.6 Å². The highest BCUT2D eigenvalue weighted by Crippen LogP contribution is 2.31. The number of carbonyl (C=O) groups is 3. The van der Waals surface area contributed by atoms with Crippen LogP contribution in [0.25, 0.3) is 0 Å². The van der Waals surface area contributed by atoms with Crippen LogP contribution in [0.2, 0.25) is 0 Å². The molecule has 156 valence electrons. The summed E-state index contributed by atoms with van der Waals surface area (Å²) in [4.78, 5) is 46.1. The molecule has 2 aliphatic rings. The van der Waals surface area contributed by atoms with Gasteiger partial charge in [-0.1, -0.05) is 6.08 Å². The number of nitrogens with one attached hydrogen (secondary N) is 2. The fraction of sp³-hybridized carbons (Fsp3) is 0.500. The van der Waals surface area contributed by atoms with Gasteiger partial charge in [0.15, 0.2) is 0 Å². The molecule has 0 spiro atoms. The first kappa shape index (κ1) is 21.8. The van der Waals surface area contributed by atoms with Gasteiger partial charge in [-0.05, 0) is 25.2 Å². The zero-order valence-corrected chi connectivity index (χ0v) is 18.4. The maximum absolute atomic E-state index is 12.6. The molecule has 2 amide bonds. The molecule has 29 heavy (non-hydrogen) atoms. The van der Waals surface area contributed by atoms with E-state index in [0.29, 0.717) is 28.7 Å². The van der Waals surface area contributed by atoms with Crippen molar-refractivity contribution in [2.75, 3.05) is 18.1 Å². The molecule has 2 unspecified atom stereocenters. The minimum Gasteiger partial charge on any atom is -0.456 e. The first-order chi connectivity index (χ1) is 13.9. The number of thioether (sulfide) groups is 1. The van der Waals surface area contributed by atoms with Crippen LogP contribution >= 0.6 is 35.7 Å². The highest BCUT2D eigenvalue weighted by atomic mass is 32.2. The van der Waals surface area contributed by atoms with Crippen LogP contribution in [0.3, 0.4) is 0 Å². The molecular weight excluding hydrogens is 432 g/mol. The largest absolute Gasteiger partial charge is 0.456 e. The summed E-state index contributed by atoms with van der Waals surface area (Å²) in [5, 5.41) is 8.68. The molecule has 0 radical (unpaired) electrons. The van der Waals surface area contributed by atoms with E-state index in [2.05, 4.69) is 33.2 Å². The molecule has 11 heteroatoms. The number of hydrogen-bond donors (Lipinski definition) is 3. The first-order valence-electron chi connectivity index (χ1n) is 9.09. The molecule has 3 rings (SSSR count). The number of thiol groups is 1. The lowest BCUT2D eigenvalue weighted by Gasteiger charge is -2.19. The van der Waals surface area contributed by atoms with Gasteiger partial charge in [0.1, 0.15) is 33.9 Å². The van der Waals surface area contributed by atoms with Crippen molar-refractivity contribution in [1.29, 1.82) is 0 Å². The molecule has 4 bridgehead atoms. The normalized spacial score (nSPS) is 26.1. The number of cyclic esters (lactones) is 1. The molecular formula is C18H22N4O4S3. The Bertz CT molecular complexity index is 854. The van der Waals surface area contributed by atoms with Crippen LogP contribution in [0.4, 0.5) is 0 Å². The molecule has 0 aromatic carbocycles. The van der Waals surface area contributed by atoms with Crippen LogP contribution in [-0.4, -0.2) is 57.5 Å². The van der Waals surface area contributed by atoms with Crippen LogP contribution in [0.5, 0.6) is 0 Å². The Labute approximate surface area is 182 Å². The van der Waals surface area contributed by atoms with Crippen LogP contribution in [0, 0.1) is 0 Å². The summed E-state index contributed by atoms with van der Waals surface area (Å²) in [7, 11) is 0. The molecule has 8 nitrogen and oxygen atoms in total. The van der Waals surface area contributed by atoms with Crippen LogP contribution < -0.4 is 10.6 Å². The molecule has 3 heterocycles. The topological polar surface area (TPSA) is 110 Å². The average molecular weight is 455 g/mol. The molecule has 0 saturated carbocycles. The summed E-state index contributed by atoms with van der Waals surface area (Å²) in [6, 6.07) is 0. The number of nitrogens with zero attached hydrogens (tertiary/aromatic N) is 2. The first-order valence-corrected chi connectivity index (χ1v) is 11.6. The molecule has 0 saturated heterocycles. The summed E-state index contributed by atoms with van der Waals surface area (Å²) in [6.45, 7) is 1.72. The van der Waals surface area contributed by atoms with E-state index in [-0.39, 0.29) is 31.3 Å². The number of fused-ring (bicyclic) bond motifs is 4. The van der Waals surface area contributed by atoms with E-state index in [1.54, 1.807) is 13.0 Å². The van der Waals surface area contributed by atoms with Crippen molar-refractivity contribution >= 4 is 58.6 Å². The number of aromatic nitrogens is 1. The van der Waals surface area contributed by atoms with Crippen LogP contribution in [-0.2, 0) is 25.7 Å². The van der Waals surface area contributed by atoms with Gasteiger partial charge < -0.3 is 15.4 Å². The van der Waals surface area contributed by atoms with Crippen molar-refractivity contribution in [3.63, 3.8) is 0 Å². The number of carbonyl (C=O) groups excluding carboxylic acids is 3. The van der Waals surface area contributed by atoms with Crippen molar-refractivity contribution in [2.45, 2.75) is 38.0 Å². The number of rotatable bonds is 3. The minimum absolute atomic E-state index is 0.0126. The molecule has 2 N–H and O–H groups in total. The summed E-state index contributed by atoms with van der Waals surface area (Å²) >= 11 is 7.00. The lowest BCUT2D eigenvalue weighted by molar-refractivity contribution is -0.148. The van der Waals surface area contributed by atoms with E-state index >= 15 is 0 Å². The van der Waals surface area contributed by atoms with E-state index in [1.807, 2.05) is 11.5 Å². The van der Waals surface area contributed by atoms with Gasteiger partial charge in [-0.3, -0.25) is 19.4 Å². The van der Waals surface area contributed by atoms with Crippen LogP contribution in [0.15, 0.2) is 22.5 Å². The van der Waals surface area contributed by atoms with Crippen molar-refractivity contribution in [3.8, 4) is 0 Å². The molecule has 2 atom stereocenters. The van der Waals surface area contributed by atoms with Gasteiger partial charge in [0.2, 0.25) is 11.8 Å². The number of hydrogen-bond acceptors (Lipinski definition) is 9. The Kier molecular flexibility index (Phi) is 7.36. The van der Waals surface area contributed by atoms with Crippen molar-refractivity contribution < 1.29 is 19.1 Å². The van der Waals surface area contributed by atoms with E-state index in [4.69, 9.17) is 4.74 Å². The number of amides is 2. The Hall–Kier alpha value is -1.85. The zero-order chi connectivity index (χ0) is 20.9. The third-order valence-electron chi connectivity index (χ3n) is 4.24. The fourth-order valence-corrected chi connectivity index (χ4v) is 4.76. The number of esters is 1. The summed E-state index contributed by atoms with van der Waals surface area (Å²) < 4.78 is 5.38. The van der Waals surface area contributed by atoms with E-state index in [0.717, 1.165) is 5.01 Å². The molecule has 1 aromatic heterocycles. The predicted molar refractivity (Wildman–Crippen MR) is 116 cm³/mol. The fourth-order valence-electron chi connectivity index (χ4n) is 2.69. The number of aliphatic imine (C=N–C) groups is 1. The summed E-state index contributed by atoms with van der Waals surface area (Å²) in [6.07, 6.45) is 3.44. The molecule has 1 aromatic rings. The molecule has 0 fully saturated rings. The Morgan fingerprint density at radius 3 is 2.97 bits per heavy atom. The number of allylic oxidation sites excluding steroid dienone is 1. The quantitative estimate of drug-likeness (QED) is 0.361. The van der Waals surface area contributed by atoms with Crippen LogP contribution in [0.1, 0.15) is 30.5 Å². The lowest BCUT2D eigenvalue weighted by Crippen LogP contribution is -2.46. The van der Waals surface area contributed by atoms with Gasteiger partial charge in [-0.25, -0.2) is 4.98 Å². The maximum atomic E-state index is 12.6. The Morgan fingerprint density at radius 1 is 1.34 bits per heavy atom. The Morgan fingerprint density at radius 2 is 2.17 bits per heavy atom. The number of thiazole rings is 1. The SMILES string of the molecule is CC12CSC(=N1)c1csc(n1)CNC(=O)CC(/C=C/CCS)OC(=O)CNC2=O. The zero-order valence-electron chi connectivity index (χ0n) is 15.8. The van der Waals surface area contributed by atoms with Gasteiger partial charge in [0, 0.05) is 11.1 Å². The average Bonchev–Trinajstić information content (AvgIpc) is 3.31. The third kappa shape index (κ3) is 5.83. The van der Waals surface area contributed by atoms with Crippen molar-refractivity contribution in [1.82, 2.24) is 15.6 Å². The van der Waals surface area contributed by atoms with Gasteiger partial charge in [0.05, 0.1) is 13.0 Å². The summed E-state index contributed by atoms with van der Waals surface area (Å²) in [5.74, 6) is -0.113. The molecule has 2 aliphatic heterocycles. The highest BCUT2D eigenvalue weighted by molar-refractivity contribution is 8.14.